The van der Waals surface area contributed by atoms with Crippen LogP contribution in [0.5, 0.6) is 5.75 Å². The van der Waals surface area contributed by atoms with Crippen LogP contribution < -0.4 is 19.5 Å². The Labute approximate surface area is 234 Å². The molecule has 202 valence electrons. The van der Waals surface area contributed by atoms with Gasteiger partial charge in [-0.3, -0.25) is 9.69 Å². The zero-order valence-electron chi connectivity index (χ0n) is 22.5. The maximum Gasteiger partial charge on any atom is 0.198 e. The molecule has 7 nitrogen and oxygen atoms in total. The van der Waals surface area contributed by atoms with Gasteiger partial charge in [-0.1, -0.05) is 66.7 Å². The summed E-state index contributed by atoms with van der Waals surface area (Å²) in [6.07, 6.45) is -0.428. The van der Waals surface area contributed by atoms with Crippen LogP contribution in [0.1, 0.15) is 24.2 Å². The fraction of sp³-hybridized carbons (Fsp3) is 0.212. The van der Waals surface area contributed by atoms with Crippen molar-refractivity contribution in [2.75, 3.05) is 41.1 Å². The predicted molar refractivity (Wildman–Crippen MR) is 159 cm³/mol. The molecule has 0 spiro atoms. The Morgan fingerprint density at radius 3 is 2.12 bits per heavy atom. The van der Waals surface area contributed by atoms with E-state index in [1.54, 1.807) is 6.92 Å². The molecule has 0 N–H and O–H groups in total. The number of Topliss-reactive ketones (excluding diaryl/α,β-unsaturated/α-hetero) is 1. The van der Waals surface area contributed by atoms with Crippen molar-refractivity contribution in [2.24, 2.45) is 5.10 Å². The SMILES string of the molecule is CC(=O)C1=NN(c2ccccc2)[C@@H](c2ccccc2OCc2ccccc2)N1c1ccc(N2CCOCC2)cc1. The number of morpholine rings is 1. The maximum atomic E-state index is 13.0. The number of ketones is 1. The molecule has 7 heteroatoms. The number of hydrazone groups is 1. The van der Waals surface area contributed by atoms with Gasteiger partial charge in [-0.25, -0.2) is 5.01 Å². The van der Waals surface area contributed by atoms with Crippen molar-refractivity contribution >= 4 is 28.7 Å². The summed E-state index contributed by atoms with van der Waals surface area (Å²) in [5.41, 5.74) is 4.90. The van der Waals surface area contributed by atoms with Crippen LogP contribution >= 0.6 is 0 Å². The third-order valence-corrected chi connectivity index (χ3v) is 7.18. The molecule has 40 heavy (non-hydrogen) atoms. The first-order chi connectivity index (χ1) is 19.7. The van der Waals surface area contributed by atoms with Crippen molar-refractivity contribution in [3.8, 4) is 5.75 Å². The van der Waals surface area contributed by atoms with E-state index in [9.17, 15) is 4.79 Å². The zero-order valence-corrected chi connectivity index (χ0v) is 22.5. The average molecular weight is 533 g/mol. The standard InChI is InChI=1S/C33H32N4O3/c1-25(38)32-34-37(29-12-6-3-7-13-29)33(30-14-8-9-15-31(30)40-24-26-10-4-2-5-11-26)36(32)28-18-16-27(17-19-28)35-20-22-39-23-21-35/h2-19,33H,20-24H2,1H3/t33-/m0/s1. The lowest BCUT2D eigenvalue weighted by Gasteiger charge is -2.33. The van der Waals surface area contributed by atoms with Crippen molar-refractivity contribution in [1.29, 1.82) is 0 Å². The molecular formula is C33H32N4O3. The molecule has 4 aromatic carbocycles. The van der Waals surface area contributed by atoms with Crippen LogP contribution in [0.15, 0.2) is 114 Å². The van der Waals surface area contributed by atoms with E-state index in [1.807, 2.05) is 88.8 Å². The van der Waals surface area contributed by atoms with Gasteiger partial charge in [-0.2, -0.15) is 0 Å². The number of nitrogens with zero attached hydrogens (tertiary/aromatic N) is 4. The second-order valence-corrected chi connectivity index (χ2v) is 9.83. The molecule has 0 aliphatic carbocycles. The van der Waals surface area contributed by atoms with E-state index in [1.165, 1.54) is 0 Å². The van der Waals surface area contributed by atoms with Crippen LogP contribution in [-0.4, -0.2) is 37.9 Å². The van der Waals surface area contributed by atoms with E-state index in [4.69, 9.17) is 14.6 Å². The van der Waals surface area contributed by atoms with Crippen molar-refractivity contribution in [2.45, 2.75) is 19.7 Å². The maximum absolute atomic E-state index is 13.0. The molecule has 0 saturated carbocycles. The van der Waals surface area contributed by atoms with Gasteiger partial charge in [0.15, 0.2) is 17.8 Å². The van der Waals surface area contributed by atoms with Gasteiger partial charge in [0.05, 0.1) is 18.9 Å². The van der Waals surface area contributed by atoms with Gasteiger partial charge in [-0.15, -0.1) is 5.10 Å². The molecule has 2 heterocycles. The average Bonchev–Trinajstić information content (AvgIpc) is 3.43. The highest BCUT2D eigenvalue weighted by atomic mass is 16.5. The van der Waals surface area contributed by atoms with Crippen LogP contribution in [0.4, 0.5) is 17.1 Å². The molecule has 0 amide bonds. The summed E-state index contributed by atoms with van der Waals surface area (Å²) in [7, 11) is 0. The molecule has 1 atom stereocenters. The van der Waals surface area contributed by atoms with Gasteiger partial charge in [0.2, 0.25) is 0 Å². The molecule has 2 aliphatic rings. The number of anilines is 3. The number of rotatable bonds is 8. The van der Waals surface area contributed by atoms with Crippen molar-refractivity contribution in [3.63, 3.8) is 0 Å². The molecule has 6 rings (SSSR count). The fourth-order valence-corrected chi connectivity index (χ4v) is 5.19. The van der Waals surface area contributed by atoms with Gasteiger partial charge in [0, 0.05) is 37.0 Å². The smallest absolute Gasteiger partial charge is 0.198 e. The Balaban J connectivity index is 1.41. The molecule has 1 fully saturated rings. The summed E-state index contributed by atoms with van der Waals surface area (Å²) < 4.78 is 11.9. The van der Waals surface area contributed by atoms with Gasteiger partial charge in [0.1, 0.15) is 12.4 Å². The third-order valence-electron chi connectivity index (χ3n) is 7.18. The summed E-state index contributed by atoms with van der Waals surface area (Å²) in [4.78, 5) is 17.4. The summed E-state index contributed by atoms with van der Waals surface area (Å²) in [6, 6.07) is 36.4. The highest BCUT2D eigenvalue weighted by Crippen LogP contribution is 2.42. The zero-order chi connectivity index (χ0) is 27.3. The van der Waals surface area contributed by atoms with E-state index >= 15 is 0 Å². The lowest BCUT2D eigenvalue weighted by Crippen LogP contribution is -2.38. The van der Waals surface area contributed by atoms with Crippen LogP contribution in [0.3, 0.4) is 0 Å². The Kier molecular flexibility index (Phi) is 7.46. The highest BCUT2D eigenvalue weighted by Gasteiger charge is 2.40. The highest BCUT2D eigenvalue weighted by molar-refractivity contribution is 6.44. The number of carbonyl (C=O) groups is 1. The normalized spacial score (nSPS) is 17.1. The third kappa shape index (κ3) is 5.28. The van der Waals surface area contributed by atoms with Crippen LogP contribution in [0, 0.1) is 0 Å². The van der Waals surface area contributed by atoms with Crippen molar-refractivity contribution in [3.05, 3.63) is 120 Å². The number of hydrogen-bond donors (Lipinski definition) is 0. The Hall–Kier alpha value is -4.62. The van der Waals surface area contributed by atoms with Gasteiger partial charge in [-0.05, 0) is 48.0 Å². The lowest BCUT2D eigenvalue weighted by molar-refractivity contribution is -0.111. The topological polar surface area (TPSA) is 57.6 Å². The Morgan fingerprint density at radius 2 is 1.43 bits per heavy atom. The molecule has 0 aromatic heterocycles. The number of carbonyl (C=O) groups excluding carboxylic acids is 1. The molecule has 0 unspecified atom stereocenters. The number of benzene rings is 4. The van der Waals surface area contributed by atoms with Gasteiger partial charge >= 0.3 is 0 Å². The van der Waals surface area contributed by atoms with E-state index in [0.717, 1.165) is 60.2 Å². The Bertz CT molecular complexity index is 1470. The second kappa shape index (κ2) is 11.6. The Morgan fingerprint density at radius 1 is 0.800 bits per heavy atom. The summed E-state index contributed by atoms with van der Waals surface area (Å²) in [5.74, 6) is 1.02. The summed E-state index contributed by atoms with van der Waals surface area (Å²) >= 11 is 0. The minimum Gasteiger partial charge on any atom is -0.488 e. The summed E-state index contributed by atoms with van der Waals surface area (Å²) in [5, 5.41) is 6.80. The van der Waals surface area contributed by atoms with E-state index in [2.05, 4.69) is 35.2 Å². The largest absolute Gasteiger partial charge is 0.488 e. The van der Waals surface area contributed by atoms with E-state index in [0.29, 0.717) is 12.4 Å². The monoisotopic (exact) mass is 532 g/mol. The van der Waals surface area contributed by atoms with Crippen LogP contribution in [-0.2, 0) is 16.1 Å². The minimum absolute atomic E-state index is 0.108. The molecule has 4 aromatic rings. The number of ether oxygens (including phenoxy) is 2. The molecule has 0 bridgehead atoms. The van der Waals surface area contributed by atoms with Gasteiger partial charge < -0.3 is 14.4 Å². The van der Waals surface area contributed by atoms with Gasteiger partial charge in [0.25, 0.3) is 0 Å². The first kappa shape index (κ1) is 25.6. The van der Waals surface area contributed by atoms with Crippen LogP contribution in [0.25, 0.3) is 0 Å². The second-order valence-electron chi connectivity index (χ2n) is 9.83. The lowest BCUT2D eigenvalue weighted by atomic mass is 10.1. The number of para-hydroxylation sites is 2. The quantitative estimate of drug-likeness (QED) is 0.276. The molecule has 0 radical (unpaired) electrons. The summed E-state index contributed by atoms with van der Waals surface area (Å²) in [6.45, 7) is 5.17. The minimum atomic E-state index is -0.428. The number of hydrogen-bond acceptors (Lipinski definition) is 7. The molecule has 1 saturated heterocycles. The first-order valence-corrected chi connectivity index (χ1v) is 13.6. The number of amidine groups is 1. The first-order valence-electron chi connectivity index (χ1n) is 13.6. The fourth-order valence-electron chi connectivity index (χ4n) is 5.19. The predicted octanol–water partition coefficient (Wildman–Crippen LogP) is 6.03. The van der Waals surface area contributed by atoms with Crippen LogP contribution in [0.2, 0.25) is 0 Å². The van der Waals surface area contributed by atoms with E-state index in [-0.39, 0.29) is 5.78 Å². The van der Waals surface area contributed by atoms with Crippen molar-refractivity contribution < 1.29 is 14.3 Å². The van der Waals surface area contributed by atoms with Crippen molar-refractivity contribution in [1.82, 2.24) is 0 Å². The molecular weight excluding hydrogens is 500 g/mol. The van der Waals surface area contributed by atoms with E-state index < -0.39 is 6.17 Å². The molecule has 2 aliphatic heterocycles.